The van der Waals surface area contributed by atoms with Gasteiger partial charge in [0.25, 0.3) is 0 Å². The van der Waals surface area contributed by atoms with Gasteiger partial charge in [0.1, 0.15) is 0 Å². The zero-order chi connectivity index (χ0) is 12.0. The Hall–Kier alpha value is -1.08. The Morgan fingerprint density at radius 1 is 1.62 bits per heavy atom. The lowest BCUT2D eigenvalue weighted by Crippen LogP contribution is -2.37. The van der Waals surface area contributed by atoms with Crippen molar-refractivity contribution in [3.8, 4) is 6.07 Å². The number of carbonyl (C=O) groups excluding carboxylic acids is 1. The monoisotopic (exact) mass is 224 g/mol. The van der Waals surface area contributed by atoms with Crippen LogP contribution >= 0.6 is 0 Å². The molecule has 0 spiro atoms. The highest BCUT2D eigenvalue weighted by molar-refractivity contribution is 5.76. The predicted molar refractivity (Wildman–Crippen MR) is 60.5 cm³/mol. The highest BCUT2D eigenvalue weighted by Crippen LogP contribution is 2.24. The van der Waals surface area contributed by atoms with E-state index in [4.69, 9.17) is 10.00 Å². The van der Waals surface area contributed by atoms with Crippen LogP contribution in [0.2, 0.25) is 0 Å². The van der Waals surface area contributed by atoms with Gasteiger partial charge in [-0.1, -0.05) is 6.92 Å². The Morgan fingerprint density at radius 3 is 3.00 bits per heavy atom. The largest absolute Gasteiger partial charge is 0.384 e. The molecule has 1 rings (SSSR count). The molecule has 3 atom stereocenters. The number of hydrogen-bond donors (Lipinski definition) is 1. The Kier molecular flexibility index (Phi) is 5.27. The number of methoxy groups -OCH3 is 1. The second kappa shape index (κ2) is 6.49. The smallest absolute Gasteiger partial charge is 0.220 e. The van der Waals surface area contributed by atoms with E-state index in [2.05, 4.69) is 11.4 Å². The molecular weight excluding hydrogens is 204 g/mol. The molecule has 0 radical (unpaired) electrons. The van der Waals surface area contributed by atoms with Gasteiger partial charge in [-0.2, -0.15) is 5.26 Å². The molecular formula is C12H20N2O2. The summed E-state index contributed by atoms with van der Waals surface area (Å²) in [6.45, 7) is 2.58. The van der Waals surface area contributed by atoms with Crippen LogP contribution in [0.5, 0.6) is 0 Å². The number of hydrogen-bond acceptors (Lipinski definition) is 3. The van der Waals surface area contributed by atoms with Crippen molar-refractivity contribution in [2.45, 2.75) is 38.6 Å². The third kappa shape index (κ3) is 3.82. The van der Waals surface area contributed by atoms with Crippen LogP contribution in [0.4, 0.5) is 0 Å². The van der Waals surface area contributed by atoms with Crippen molar-refractivity contribution in [2.24, 2.45) is 11.8 Å². The van der Waals surface area contributed by atoms with E-state index in [1.54, 1.807) is 7.11 Å². The molecule has 1 aliphatic carbocycles. The van der Waals surface area contributed by atoms with E-state index in [1.165, 1.54) is 0 Å². The van der Waals surface area contributed by atoms with E-state index >= 15 is 0 Å². The summed E-state index contributed by atoms with van der Waals surface area (Å²) in [6, 6.07) is 2.32. The normalized spacial score (nSPS) is 26.1. The van der Waals surface area contributed by atoms with Crippen LogP contribution in [0.25, 0.3) is 0 Å². The number of nitrogens with one attached hydrogen (secondary N) is 1. The molecule has 4 nitrogen and oxygen atoms in total. The van der Waals surface area contributed by atoms with Crippen molar-refractivity contribution in [1.82, 2.24) is 5.32 Å². The second-order valence-corrected chi connectivity index (χ2v) is 4.61. The van der Waals surface area contributed by atoms with Crippen molar-refractivity contribution < 1.29 is 9.53 Å². The van der Waals surface area contributed by atoms with Crippen LogP contribution in [-0.4, -0.2) is 25.7 Å². The zero-order valence-corrected chi connectivity index (χ0v) is 10.0. The molecule has 16 heavy (non-hydrogen) atoms. The molecule has 1 fully saturated rings. The summed E-state index contributed by atoms with van der Waals surface area (Å²) in [5, 5.41) is 11.8. The fraction of sp³-hybridized carbons (Fsp3) is 0.833. The maximum absolute atomic E-state index is 11.7. The summed E-state index contributed by atoms with van der Waals surface area (Å²) in [6.07, 6.45) is 3.36. The third-order valence-corrected chi connectivity index (χ3v) is 3.01. The summed E-state index contributed by atoms with van der Waals surface area (Å²) in [5.74, 6) is 0.269. The van der Waals surface area contributed by atoms with Crippen LogP contribution in [0.3, 0.4) is 0 Å². The molecule has 90 valence electrons. The fourth-order valence-electron chi connectivity index (χ4n) is 2.21. The summed E-state index contributed by atoms with van der Waals surface area (Å²) in [4.78, 5) is 11.7. The van der Waals surface area contributed by atoms with Crippen molar-refractivity contribution in [3.63, 3.8) is 0 Å². The Bertz CT molecular complexity index is 273. The van der Waals surface area contributed by atoms with E-state index in [9.17, 15) is 4.79 Å². The van der Waals surface area contributed by atoms with Gasteiger partial charge in [-0.3, -0.25) is 4.79 Å². The first-order valence-electron chi connectivity index (χ1n) is 5.85. The maximum atomic E-state index is 11.7. The lowest BCUT2D eigenvalue weighted by Gasteiger charge is -2.17. The van der Waals surface area contributed by atoms with Gasteiger partial charge < -0.3 is 10.1 Å². The molecule has 0 bridgehead atoms. The summed E-state index contributed by atoms with van der Waals surface area (Å²) < 4.78 is 4.98. The predicted octanol–water partition coefficient (Wildman–Crippen LogP) is 1.47. The number of nitrogens with zero attached hydrogens (tertiary/aromatic N) is 1. The molecule has 1 amide bonds. The number of carbonyl (C=O) groups is 1. The molecule has 1 saturated carbocycles. The van der Waals surface area contributed by atoms with Gasteiger partial charge in [0.05, 0.1) is 12.0 Å². The topological polar surface area (TPSA) is 62.1 Å². The van der Waals surface area contributed by atoms with Crippen LogP contribution in [0, 0.1) is 23.2 Å². The van der Waals surface area contributed by atoms with E-state index in [-0.39, 0.29) is 23.8 Å². The zero-order valence-electron chi connectivity index (χ0n) is 10.0. The molecule has 1 aliphatic rings. The van der Waals surface area contributed by atoms with E-state index < -0.39 is 0 Å². The SMILES string of the molecule is COCC(C)CC(=O)NC1CCCC1C#N. The first-order chi connectivity index (χ1) is 7.67. The molecule has 1 N–H and O–H groups in total. The maximum Gasteiger partial charge on any atom is 0.220 e. The quantitative estimate of drug-likeness (QED) is 0.769. The highest BCUT2D eigenvalue weighted by Gasteiger charge is 2.28. The number of ether oxygens (including phenoxy) is 1. The highest BCUT2D eigenvalue weighted by atomic mass is 16.5. The van der Waals surface area contributed by atoms with Crippen LogP contribution in [0.15, 0.2) is 0 Å². The van der Waals surface area contributed by atoms with Crippen molar-refractivity contribution in [2.75, 3.05) is 13.7 Å². The lowest BCUT2D eigenvalue weighted by atomic mass is 10.0. The van der Waals surface area contributed by atoms with Gasteiger partial charge in [-0.05, 0) is 25.2 Å². The standard InChI is InChI=1S/C12H20N2O2/c1-9(8-16-2)6-12(15)14-11-5-3-4-10(11)7-13/h9-11H,3-6,8H2,1-2H3,(H,14,15). The third-order valence-electron chi connectivity index (χ3n) is 3.01. The van der Waals surface area contributed by atoms with E-state index in [0.717, 1.165) is 19.3 Å². The van der Waals surface area contributed by atoms with Gasteiger partial charge in [0, 0.05) is 26.2 Å². The van der Waals surface area contributed by atoms with Crippen LogP contribution < -0.4 is 5.32 Å². The lowest BCUT2D eigenvalue weighted by molar-refractivity contribution is -0.123. The fourth-order valence-corrected chi connectivity index (χ4v) is 2.21. The molecule has 3 unspecified atom stereocenters. The Morgan fingerprint density at radius 2 is 2.38 bits per heavy atom. The number of nitriles is 1. The molecule has 0 aromatic heterocycles. The van der Waals surface area contributed by atoms with Gasteiger partial charge in [0.2, 0.25) is 5.91 Å². The van der Waals surface area contributed by atoms with Gasteiger partial charge in [0.15, 0.2) is 0 Å². The van der Waals surface area contributed by atoms with Gasteiger partial charge >= 0.3 is 0 Å². The van der Waals surface area contributed by atoms with E-state index in [1.807, 2.05) is 6.92 Å². The molecule has 4 heteroatoms. The van der Waals surface area contributed by atoms with Crippen LogP contribution in [0.1, 0.15) is 32.6 Å². The molecule has 0 aliphatic heterocycles. The first kappa shape index (κ1) is 13.0. The van der Waals surface area contributed by atoms with Gasteiger partial charge in [-0.15, -0.1) is 0 Å². The molecule has 0 saturated heterocycles. The second-order valence-electron chi connectivity index (χ2n) is 4.61. The minimum atomic E-state index is 0.00156. The van der Waals surface area contributed by atoms with Crippen molar-refractivity contribution >= 4 is 5.91 Å². The molecule has 0 aromatic rings. The minimum Gasteiger partial charge on any atom is -0.384 e. The summed E-state index contributed by atoms with van der Waals surface area (Å²) >= 11 is 0. The average molecular weight is 224 g/mol. The summed E-state index contributed by atoms with van der Waals surface area (Å²) in [5.41, 5.74) is 0. The van der Waals surface area contributed by atoms with E-state index in [0.29, 0.717) is 13.0 Å². The van der Waals surface area contributed by atoms with Crippen molar-refractivity contribution in [3.05, 3.63) is 0 Å². The average Bonchev–Trinajstić information content (AvgIpc) is 2.65. The van der Waals surface area contributed by atoms with Crippen molar-refractivity contribution in [1.29, 1.82) is 5.26 Å². The first-order valence-corrected chi connectivity index (χ1v) is 5.85. The molecule has 0 heterocycles. The number of amides is 1. The Labute approximate surface area is 97.0 Å². The van der Waals surface area contributed by atoms with Gasteiger partial charge in [-0.25, -0.2) is 0 Å². The number of rotatable bonds is 5. The summed E-state index contributed by atoms with van der Waals surface area (Å²) in [7, 11) is 1.64. The Balaban J connectivity index is 2.31. The molecule has 0 aromatic carbocycles. The minimum absolute atomic E-state index is 0.00156. The van der Waals surface area contributed by atoms with Crippen LogP contribution in [-0.2, 0) is 9.53 Å².